The molecule has 0 radical (unpaired) electrons. The van der Waals surface area contributed by atoms with E-state index in [9.17, 15) is 0 Å². The van der Waals surface area contributed by atoms with E-state index in [0.717, 1.165) is 22.8 Å². The molecule has 0 saturated heterocycles. The van der Waals surface area contributed by atoms with Crippen LogP contribution >= 0.6 is 23.2 Å². The van der Waals surface area contributed by atoms with E-state index in [2.05, 4.69) is 15.0 Å². The van der Waals surface area contributed by atoms with Gasteiger partial charge in [-0.2, -0.15) is 0 Å². The molecular formula is C15H11Cl2N3. The lowest BCUT2D eigenvalue weighted by Crippen LogP contribution is -1.93. The summed E-state index contributed by atoms with van der Waals surface area (Å²) in [5, 5.41) is 1.06. The summed E-state index contributed by atoms with van der Waals surface area (Å²) in [7, 11) is 0. The first-order valence-corrected chi connectivity index (χ1v) is 6.88. The number of aromatic amines is 1. The van der Waals surface area contributed by atoms with Crippen LogP contribution in [0.2, 0.25) is 10.0 Å². The standard InChI is InChI=1S/C15H11Cl2N3/c16-12-6-3-5-11(15(12)17)13-9-19-14(20-13)8-10-4-1-2-7-18-10/h1-7,9H,8H2,(H,19,20). The molecule has 3 nitrogen and oxygen atoms in total. The SMILES string of the molecule is Clc1cccc(-c2cnc(Cc3ccccn3)[nH]2)c1Cl. The highest BCUT2D eigenvalue weighted by Gasteiger charge is 2.10. The molecule has 3 aromatic rings. The van der Waals surface area contributed by atoms with Crippen LogP contribution in [-0.4, -0.2) is 15.0 Å². The van der Waals surface area contributed by atoms with Gasteiger partial charge in [-0.05, 0) is 18.2 Å². The van der Waals surface area contributed by atoms with Crippen LogP contribution in [0.25, 0.3) is 11.3 Å². The third kappa shape index (κ3) is 2.69. The van der Waals surface area contributed by atoms with Crippen molar-refractivity contribution in [2.24, 2.45) is 0 Å². The van der Waals surface area contributed by atoms with Crippen molar-refractivity contribution in [3.8, 4) is 11.3 Å². The number of halogens is 2. The summed E-state index contributed by atoms with van der Waals surface area (Å²) < 4.78 is 0. The zero-order chi connectivity index (χ0) is 13.9. The van der Waals surface area contributed by atoms with Gasteiger partial charge < -0.3 is 4.98 Å². The van der Waals surface area contributed by atoms with E-state index in [-0.39, 0.29) is 0 Å². The Balaban J connectivity index is 1.89. The predicted octanol–water partition coefficient (Wildman–Crippen LogP) is 4.37. The van der Waals surface area contributed by atoms with Crippen LogP contribution in [0.1, 0.15) is 11.5 Å². The van der Waals surface area contributed by atoms with Crippen molar-refractivity contribution in [3.05, 3.63) is 70.4 Å². The molecule has 20 heavy (non-hydrogen) atoms. The van der Waals surface area contributed by atoms with Gasteiger partial charge in [0.2, 0.25) is 0 Å². The molecule has 100 valence electrons. The first-order chi connectivity index (χ1) is 9.74. The molecule has 1 aromatic carbocycles. The van der Waals surface area contributed by atoms with Crippen molar-refractivity contribution >= 4 is 23.2 Å². The van der Waals surface area contributed by atoms with E-state index in [1.165, 1.54) is 0 Å². The van der Waals surface area contributed by atoms with Gasteiger partial charge in [0.25, 0.3) is 0 Å². The van der Waals surface area contributed by atoms with Crippen LogP contribution in [-0.2, 0) is 6.42 Å². The Labute approximate surface area is 126 Å². The highest BCUT2D eigenvalue weighted by molar-refractivity contribution is 6.43. The van der Waals surface area contributed by atoms with Crippen LogP contribution in [0.3, 0.4) is 0 Å². The highest BCUT2D eigenvalue weighted by Crippen LogP contribution is 2.32. The quantitative estimate of drug-likeness (QED) is 0.780. The number of aromatic nitrogens is 3. The number of benzene rings is 1. The molecule has 0 aliphatic carbocycles. The zero-order valence-corrected chi connectivity index (χ0v) is 12.0. The van der Waals surface area contributed by atoms with Crippen molar-refractivity contribution in [1.29, 1.82) is 0 Å². The minimum atomic E-state index is 0.530. The average molecular weight is 304 g/mol. The molecule has 0 amide bonds. The number of imidazole rings is 1. The third-order valence-electron chi connectivity index (χ3n) is 2.94. The molecule has 0 spiro atoms. The Morgan fingerprint density at radius 2 is 1.90 bits per heavy atom. The van der Waals surface area contributed by atoms with Gasteiger partial charge in [0, 0.05) is 23.9 Å². The van der Waals surface area contributed by atoms with E-state index in [0.29, 0.717) is 16.5 Å². The lowest BCUT2D eigenvalue weighted by atomic mass is 10.2. The second-order valence-corrected chi connectivity index (χ2v) is 5.13. The molecule has 2 heterocycles. The number of hydrogen-bond acceptors (Lipinski definition) is 2. The average Bonchev–Trinajstić information content (AvgIpc) is 2.91. The maximum Gasteiger partial charge on any atom is 0.112 e. The van der Waals surface area contributed by atoms with Crippen molar-refractivity contribution in [2.45, 2.75) is 6.42 Å². The van der Waals surface area contributed by atoms with E-state index < -0.39 is 0 Å². The first-order valence-electron chi connectivity index (χ1n) is 6.12. The maximum absolute atomic E-state index is 6.21. The van der Waals surface area contributed by atoms with Crippen molar-refractivity contribution in [2.75, 3.05) is 0 Å². The van der Waals surface area contributed by atoms with E-state index in [4.69, 9.17) is 23.2 Å². The minimum Gasteiger partial charge on any atom is -0.342 e. The molecule has 0 bridgehead atoms. The molecule has 0 saturated carbocycles. The molecule has 3 rings (SSSR count). The van der Waals surface area contributed by atoms with Gasteiger partial charge in [-0.15, -0.1) is 0 Å². The third-order valence-corrected chi connectivity index (χ3v) is 3.76. The number of nitrogens with one attached hydrogen (secondary N) is 1. The summed E-state index contributed by atoms with van der Waals surface area (Å²) in [6, 6.07) is 11.4. The molecule has 0 atom stereocenters. The monoisotopic (exact) mass is 303 g/mol. The van der Waals surface area contributed by atoms with Gasteiger partial charge in [0.1, 0.15) is 5.82 Å². The Hall–Kier alpha value is -1.84. The Morgan fingerprint density at radius 3 is 2.70 bits per heavy atom. The largest absolute Gasteiger partial charge is 0.342 e. The number of rotatable bonds is 3. The van der Waals surface area contributed by atoms with Gasteiger partial charge in [-0.25, -0.2) is 4.98 Å². The molecule has 0 aliphatic rings. The van der Waals surface area contributed by atoms with Gasteiger partial charge in [-0.3, -0.25) is 4.98 Å². The van der Waals surface area contributed by atoms with Crippen LogP contribution in [0.4, 0.5) is 0 Å². The van der Waals surface area contributed by atoms with E-state index in [1.807, 2.05) is 30.3 Å². The van der Waals surface area contributed by atoms with E-state index in [1.54, 1.807) is 18.5 Å². The second kappa shape index (κ2) is 5.65. The zero-order valence-electron chi connectivity index (χ0n) is 10.5. The topological polar surface area (TPSA) is 41.6 Å². The summed E-state index contributed by atoms with van der Waals surface area (Å²) in [4.78, 5) is 11.9. The predicted molar refractivity (Wildman–Crippen MR) is 81.1 cm³/mol. The van der Waals surface area contributed by atoms with Gasteiger partial charge in [0.15, 0.2) is 0 Å². The summed E-state index contributed by atoms with van der Waals surface area (Å²) in [6.45, 7) is 0. The smallest absolute Gasteiger partial charge is 0.112 e. The summed E-state index contributed by atoms with van der Waals surface area (Å²) in [6.07, 6.45) is 4.18. The molecule has 5 heteroatoms. The molecule has 2 aromatic heterocycles. The van der Waals surface area contributed by atoms with Crippen LogP contribution in [0.15, 0.2) is 48.8 Å². The lowest BCUT2D eigenvalue weighted by Gasteiger charge is -2.02. The summed E-state index contributed by atoms with van der Waals surface area (Å²) >= 11 is 12.2. The number of pyridine rings is 1. The normalized spacial score (nSPS) is 10.7. The number of H-pyrrole nitrogens is 1. The van der Waals surface area contributed by atoms with Crippen molar-refractivity contribution in [3.63, 3.8) is 0 Å². The van der Waals surface area contributed by atoms with Crippen molar-refractivity contribution in [1.82, 2.24) is 15.0 Å². The molecule has 0 fully saturated rings. The highest BCUT2D eigenvalue weighted by atomic mass is 35.5. The number of hydrogen-bond donors (Lipinski definition) is 1. The fraction of sp³-hybridized carbons (Fsp3) is 0.0667. The van der Waals surface area contributed by atoms with Crippen molar-refractivity contribution < 1.29 is 0 Å². The first kappa shape index (κ1) is 13.2. The lowest BCUT2D eigenvalue weighted by molar-refractivity contribution is 0.977. The van der Waals surface area contributed by atoms with Crippen LogP contribution in [0.5, 0.6) is 0 Å². The van der Waals surface area contributed by atoms with Gasteiger partial charge >= 0.3 is 0 Å². The Kier molecular flexibility index (Phi) is 3.72. The van der Waals surface area contributed by atoms with Gasteiger partial charge in [-0.1, -0.05) is 41.4 Å². The fourth-order valence-electron chi connectivity index (χ4n) is 1.98. The van der Waals surface area contributed by atoms with Crippen LogP contribution < -0.4 is 0 Å². The minimum absolute atomic E-state index is 0.530. The molecule has 0 unspecified atom stereocenters. The fourth-order valence-corrected chi connectivity index (χ4v) is 2.38. The summed E-state index contributed by atoms with van der Waals surface area (Å²) in [5.41, 5.74) is 2.66. The molecule has 1 N–H and O–H groups in total. The Morgan fingerprint density at radius 1 is 1.00 bits per heavy atom. The van der Waals surface area contributed by atoms with Gasteiger partial charge in [0.05, 0.1) is 21.9 Å². The maximum atomic E-state index is 6.21. The summed E-state index contributed by atoms with van der Waals surface area (Å²) in [5.74, 6) is 0.842. The van der Waals surface area contributed by atoms with Crippen LogP contribution in [0, 0.1) is 0 Å². The van der Waals surface area contributed by atoms with E-state index >= 15 is 0 Å². The number of nitrogens with zero attached hydrogens (tertiary/aromatic N) is 2. The second-order valence-electron chi connectivity index (χ2n) is 4.34. The molecule has 0 aliphatic heterocycles. The molecular weight excluding hydrogens is 293 g/mol. The Bertz CT molecular complexity index is 723.